The molecule has 0 bridgehead atoms. The summed E-state index contributed by atoms with van der Waals surface area (Å²) in [7, 11) is 1.50. The highest BCUT2D eigenvalue weighted by atomic mass is 79.9. The van der Waals surface area contributed by atoms with E-state index in [-0.39, 0.29) is 16.6 Å². The van der Waals surface area contributed by atoms with Gasteiger partial charge in [0.05, 0.1) is 16.1 Å². The maximum absolute atomic E-state index is 12.7. The fourth-order valence-electron chi connectivity index (χ4n) is 1.68. The molecule has 8 heteroatoms. The standard InChI is InChI=1S/C13H14BrF3N2OS/c1-7(5-11(18)21)19(2)12(20)9-6-8(13(15,16)17)3-4-10(9)14/h3-4,6-7H,5H2,1-2H3,(H2,18,21). The van der Waals surface area contributed by atoms with Gasteiger partial charge in [-0.1, -0.05) is 12.2 Å². The van der Waals surface area contributed by atoms with Crippen molar-refractivity contribution in [1.82, 2.24) is 4.90 Å². The molecule has 1 rings (SSSR count). The summed E-state index contributed by atoms with van der Waals surface area (Å²) >= 11 is 7.87. The fourth-order valence-corrected chi connectivity index (χ4v) is 2.34. The molecule has 1 atom stereocenters. The zero-order valence-corrected chi connectivity index (χ0v) is 13.8. The number of nitrogens with zero attached hydrogens (tertiary/aromatic N) is 1. The molecule has 0 radical (unpaired) electrons. The quantitative estimate of drug-likeness (QED) is 0.809. The first kappa shape index (κ1) is 17.9. The highest BCUT2D eigenvalue weighted by molar-refractivity contribution is 9.10. The van der Waals surface area contributed by atoms with E-state index in [9.17, 15) is 18.0 Å². The molecule has 3 nitrogen and oxygen atoms in total. The maximum atomic E-state index is 12.7. The van der Waals surface area contributed by atoms with Gasteiger partial charge in [0.25, 0.3) is 5.91 Å². The molecule has 0 saturated carbocycles. The first-order valence-electron chi connectivity index (χ1n) is 5.96. The summed E-state index contributed by atoms with van der Waals surface area (Å²) in [6, 6.07) is 2.65. The van der Waals surface area contributed by atoms with E-state index in [4.69, 9.17) is 18.0 Å². The van der Waals surface area contributed by atoms with E-state index in [2.05, 4.69) is 15.9 Å². The lowest BCUT2D eigenvalue weighted by Gasteiger charge is -2.25. The lowest BCUT2D eigenvalue weighted by Crippen LogP contribution is -2.37. The molecule has 21 heavy (non-hydrogen) atoms. The van der Waals surface area contributed by atoms with Gasteiger partial charge in [-0.15, -0.1) is 0 Å². The van der Waals surface area contributed by atoms with Gasteiger partial charge in [-0.25, -0.2) is 0 Å². The monoisotopic (exact) mass is 382 g/mol. The summed E-state index contributed by atoms with van der Waals surface area (Å²) in [5, 5.41) is 0. The SMILES string of the molecule is CC(CC(N)=S)N(C)C(=O)c1cc(C(F)(F)F)ccc1Br. The molecular weight excluding hydrogens is 369 g/mol. The van der Waals surface area contributed by atoms with Gasteiger partial charge in [0.1, 0.15) is 0 Å². The Labute approximate surface area is 134 Å². The number of amides is 1. The normalized spacial score (nSPS) is 12.9. The summed E-state index contributed by atoms with van der Waals surface area (Å²) < 4.78 is 38.5. The van der Waals surface area contributed by atoms with Crippen LogP contribution in [0.15, 0.2) is 22.7 Å². The first-order chi connectivity index (χ1) is 9.54. The average molecular weight is 383 g/mol. The summed E-state index contributed by atoms with van der Waals surface area (Å²) in [4.78, 5) is 13.9. The van der Waals surface area contributed by atoms with Gasteiger partial charge in [-0.2, -0.15) is 13.2 Å². The van der Waals surface area contributed by atoms with Gasteiger partial charge in [-0.05, 0) is 41.1 Å². The third-order valence-electron chi connectivity index (χ3n) is 3.00. The largest absolute Gasteiger partial charge is 0.416 e. The summed E-state index contributed by atoms with van der Waals surface area (Å²) in [5.74, 6) is -0.531. The minimum absolute atomic E-state index is 0.0536. The number of benzene rings is 1. The third-order valence-corrected chi connectivity index (χ3v) is 3.86. The van der Waals surface area contributed by atoms with Crippen LogP contribution >= 0.6 is 28.1 Å². The minimum atomic E-state index is -4.50. The van der Waals surface area contributed by atoms with E-state index in [1.54, 1.807) is 6.92 Å². The molecule has 2 N–H and O–H groups in total. The number of nitrogens with two attached hydrogens (primary N) is 1. The molecule has 0 aliphatic carbocycles. The predicted octanol–water partition coefficient (Wildman–Crippen LogP) is 3.60. The minimum Gasteiger partial charge on any atom is -0.393 e. The number of rotatable bonds is 4. The predicted molar refractivity (Wildman–Crippen MR) is 82.1 cm³/mol. The lowest BCUT2D eigenvalue weighted by atomic mass is 10.1. The van der Waals surface area contributed by atoms with Crippen molar-refractivity contribution in [2.75, 3.05) is 7.05 Å². The van der Waals surface area contributed by atoms with Crippen LogP contribution in [0.3, 0.4) is 0 Å². The second-order valence-corrected chi connectivity index (χ2v) is 6.01. The smallest absolute Gasteiger partial charge is 0.393 e. The van der Waals surface area contributed by atoms with Crippen LogP contribution in [0.2, 0.25) is 0 Å². The molecule has 1 aromatic rings. The molecule has 0 aromatic heterocycles. The molecule has 116 valence electrons. The van der Waals surface area contributed by atoms with E-state index in [1.165, 1.54) is 18.0 Å². The average Bonchev–Trinajstić information content (AvgIpc) is 2.35. The summed E-state index contributed by atoms with van der Waals surface area (Å²) in [6.07, 6.45) is -4.20. The van der Waals surface area contributed by atoms with E-state index >= 15 is 0 Å². The van der Waals surface area contributed by atoms with Crippen LogP contribution < -0.4 is 5.73 Å². The Morgan fingerprint density at radius 2 is 2.05 bits per heavy atom. The fraction of sp³-hybridized carbons (Fsp3) is 0.385. The van der Waals surface area contributed by atoms with Crippen molar-refractivity contribution in [3.05, 3.63) is 33.8 Å². The van der Waals surface area contributed by atoms with Crippen molar-refractivity contribution in [1.29, 1.82) is 0 Å². The van der Waals surface area contributed by atoms with Crippen LogP contribution in [-0.2, 0) is 6.18 Å². The van der Waals surface area contributed by atoms with Crippen molar-refractivity contribution in [3.63, 3.8) is 0 Å². The van der Waals surface area contributed by atoms with Crippen LogP contribution in [0, 0.1) is 0 Å². The van der Waals surface area contributed by atoms with Crippen molar-refractivity contribution < 1.29 is 18.0 Å². The Balaban J connectivity index is 3.09. The van der Waals surface area contributed by atoms with Crippen LogP contribution in [-0.4, -0.2) is 28.9 Å². The number of carbonyl (C=O) groups is 1. The van der Waals surface area contributed by atoms with Gasteiger partial charge >= 0.3 is 6.18 Å². The highest BCUT2D eigenvalue weighted by Crippen LogP contribution is 2.32. The highest BCUT2D eigenvalue weighted by Gasteiger charge is 2.32. The Hall–Kier alpha value is -1.15. The molecule has 0 aliphatic heterocycles. The Bertz CT molecular complexity index is 563. The van der Waals surface area contributed by atoms with Crippen LogP contribution in [0.5, 0.6) is 0 Å². The van der Waals surface area contributed by atoms with Gasteiger partial charge < -0.3 is 10.6 Å². The Morgan fingerprint density at radius 3 is 2.52 bits per heavy atom. The van der Waals surface area contributed by atoms with Crippen molar-refractivity contribution in [3.8, 4) is 0 Å². The summed E-state index contributed by atoms with van der Waals surface area (Å²) in [5.41, 5.74) is 4.49. The molecule has 1 unspecified atom stereocenters. The van der Waals surface area contributed by atoms with E-state index in [1.807, 2.05) is 0 Å². The van der Waals surface area contributed by atoms with E-state index in [0.29, 0.717) is 10.9 Å². The first-order valence-corrected chi connectivity index (χ1v) is 7.16. The molecule has 1 amide bonds. The number of carbonyl (C=O) groups excluding carboxylic acids is 1. The molecule has 0 saturated heterocycles. The van der Waals surface area contributed by atoms with Gasteiger partial charge in [-0.3, -0.25) is 4.79 Å². The molecule has 1 aromatic carbocycles. The summed E-state index contributed by atoms with van der Waals surface area (Å²) in [6.45, 7) is 1.72. The van der Waals surface area contributed by atoms with Gasteiger partial charge in [0.2, 0.25) is 0 Å². The van der Waals surface area contributed by atoms with Crippen molar-refractivity contribution in [2.45, 2.75) is 25.6 Å². The number of thiocarbonyl (C=S) groups is 1. The van der Waals surface area contributed by atoms with Crippen molar-refractivity contribution >= 4 is 39.0 Å². The van der Waals surface area contributed by atoms with Crippen molar-refractivity contribution in [2.24, 2.45) is 5.73 Å². The zero-order chi connectivity index (χ0) is 16.4. The topological polar surface area (TPSA) is 46.3 Å². The maximum Gasteiger partial charge on any atom is 0.416 e. The second-order valence-electron chi connectivity index (χ2n) is 4.63. The molecular formula is C13H14BrF3N2OS. The van der Waals surface area contributed by atoms with Crippen LogP contribution in [0.25, 0.3) is 0 Å². The third kappa shape index (κ3) is 4.67. The van der Waals surface area contributed by atoms with E-state index in [0.717, 1.165) is 12.1 Å². The number of hydrogen-bond acceptors (Lipinski definition) is 2. The Kier molecular flexibility index (Phi) is 5.75. The van der Waals surface area contributed by atoms with Crippen LogP contribution in [0.1, 0.15) is 29.3 Å². The van der Waals surface area contributed by atoms with E-state index < -0.39 is 17.6 Å². The van der Waals surface area contributed by atoms with Gasteiger partial charge in [0.15, 0.2) is 0 Å². The number of alkyl halides is 3. The number of halogens is 4. The zero-order valence-electron chi connectivity index (χ0n) is 11.4. The lowest BCUT2D eigenvalue weighted by molar-refractivity contribution is -0.137. The second kappa shape index (κ2) is 6.74. The Morgan fingerprint density at radius 1 is 1.48 bits per heavy atom. The molecule has 0 fully saturated rings. The van der Waals surface area contributed by atoms with Crippen LogP contribution in [0.4, 0.5) is 13.2 Å². The molecule has 0 heterocycles. The number of hydrogen-bond donors (Lipinski definition) is 1. The molecule has 0 aliphatic rings. The molecule has 0 spiro atoms. The van der Waals surface area contributed by atoms with Gasteiger partial charge in [0, 0.05) is 24.0 Å².